The summed E-state index contributed by atoms with van der Waals surface area (Å²) in [6.45, 7) is 3.52. The molecular formula is C16H19NO2S. The zero-order chi connectivity index (χ0) is 14.6. The average molecular weight is 289 g/mol. The molecule has 1 amide bonds. The molecule has 0 bridgehead atoms. The third-order valence-electron chi connectivity index (χ3n) is 2.96. The molecule has 2 N–H and O–H groups in total. The van der Waals surface area contributed by atoms with Crippen LogP contribution >= 0.6 is 11.8 Å². The maximum Gasteiger partial charge on any atom is 0.230 e. The Morgan fingerprint density at radius 3 is 2.60 bits per heavy atom. The predicted octanol–water partition coefficient (Wildman–Crippen LogP) is 2.82. The molecule has 0 fully saturated rings. The molecule has 0 atom stereocenters. The third kappa shape index (κ3) is 3.99. The minimum absolute atomic E-state index is 0.0674. The fourth-order valence-corrected chi connectivity index (χ4v) is 2.60. The van der Waals surface area contributed by atoms with E-state index in [-0.39, 0.29) is 12.5 Å². The second-order valence-corrected chi connectivity index (χ2v) is 6.44. The number of benzene rings is 2. The van der Waals surface area contributed by atoms with Crippen LogP contribution in [0.3, 0.4) is 0 Å². The molecule has 4 heteroatoms. The fourth-order valence-electron chi connectivity index (χ4n) is 1.86. The van der Waals surface area contributed by atoms with Crippen LogP contribution in [0.2, 0.25) is 0 Å². The first-order valence-electron chi connectivity index (χ1n) is 6.54. The SMILES string of the molecule is CC(C)(CO)NC(=O)CSc1ccc2ccccc2c1. The molecule has 0 aliphatic heterocycles. The Labute approximate surface area is 123 Å². The van der Waals surface area contributed by atoms with E-state index < -0.39 is 5.54 Å². The number of rotatable bonds is 5. The van der Waals surface area contributed by atoms with Crippen molar-refractivity contribution in [3.63, 3.8) is 0 Å². The number of carbonyl (C=O) groups excluding carboxylic acids is 1. The Kier molecular flexibility index (Phi) is 4.68. The molecule has 3 nitrogen and oxygen atoms in total. The molecule has 0 aliphatic carbocycles. The molecule has 0 unspecified atom stereocenters. The monoisotopic (exact) mass is 289 g/mol. The van der Waals surface area contributed by atoms with Gasteiger partial charge in [-0.2, -0.15) is 0 Å². The fraction of sp³-hybridized carbons (Fsp3) is 0.312. The van der Waals surface area contributed by atoms with Crippen molar-refractivity contribution in [1.82, 2.24) is 5.32 Å². The topological polar surface area (TPSA) is 49.3 Å². The molecule has 0 aromatic heterocycles. The van der Waals surface area contributed by atoms with E-state index in [0.717, 1.165) is 4.90 Å². The summed E-state index contributed by atoms with van der Waals surface area (Å²) in [4.78, 5) is 12.9. The number of fused-ring (bicyclic) bond motifs is 1. The van der Waals surface area contributed by atoms with Crippen molar-refractivity contribution in [2.45, 2.75) is 24.3 Å². The highest BCUT2D eigenvalue weighted by Crippen LogP contribution is 2.23. The van der Waals surface area contributed by atoms with Crippen molar-refractivity contribution in [1.29, 1.82) is 0 Å². The van der Waals surface area contributed by atoms with Crippen molar-refractivity contribution in [3.05, 3.63) is 42.5 Å². The van der Waals surface area contributed by atoms with E-state index in [1.165, 1.54) is 22.5 Å². The molecule has 0 saturated carbocycles. The lowest BCUT2D eigenvalue weighted by atomic mass is 10.1. The lowest BCUT2D eigenvalue weighted by Crippen LogP contribution is -2.47. The number of hydrogen-bond acceptors (Lipinski definition) is 3. The molecule has 0 spiro atoms. The van der Waals surface area contributed by atoms with Crippen LogP contribution in [0.15, 0.2) is 47.4 Å². The molecule has 20 heavy (non-hydrogen) atoms. The van der Waals surface area contributed by atoms with E-state index in [4.69, 9.17) is 5.11 Å². The number of amides is 1. The molecular weight excluding hydrogens is 270 g/mol. The van der Waals surface area contributed by atoms with Gasteiger partial charge < -0.3 is 10.4 Å². The smallest absolute Gasteiger partial charge is 0.230 e. The number of carbonyl (C=O) groups is 1. The summed E-state index contributed by atoms with van der Waals surface area (Å²) in [7, 11) is 0. The van der Waals surface area contributed by atoms with Crippen molar-refractivity contribution in [3.8, 4) is 0 Å². The van der Waals surface area contributed by atoms with Gasteiger partial charge in [-0.1, -0.05) is 30.3 Å². The van der Waals surface area contributed by atoms with Crippen molar-refractivity contribution >= 4 is 28.4 Å². The van der Waals surface area contributed by atoms with Gasteiger partial charge in [-0.15, -0.1) is 11.8 Å². The predicted molar refractivity (Wildman–Crippen MR) is 84.0 cm³/mol. The van der Waals surface area contributed by atoms with Crippen LogP contribution in [0.4, 0.5) is 0 Å². The molecule has 0 heterocycles. The molecule has 0 saturated heterocycles. The summed E-state index contributed by atoms with van der Waals surface area (Å²) in [5, 5.41) is 14.3. The van der Waals surface area contributed by atoms with Crippen LogP contribution in [-0.2, 0) is 4.79 Å². The Bertz CT molecular complexity index is 610. The molecule has 0 radical (unpaired) electrons. The zero-order valence-electron chi connectivity index (χ0n) is 11.7. The van der Waals surface area contributed by atoms with Gasteiger partial charge in [0.25, 0.3) is 0 Å². The summed E-state index contributed by atoms with van der Waals surface area (Å²) < 4.78 is 0. The van der Waals surface area contributed by atoms with Crippen LogP contribution in [0.5, 0.6) is 0 Å². The van der Waals surface area contributed by atoms with Gasteiger partial charge in [0, 0.05) is 4.90 Å². The van der Waals surface area contributed by atoms with Crippen LogP contribution in [-0.4, -0.2) is 28.9 Å². The molecule has 2 aromatic rings. The van der Waals surface area contributed by atoms with Gasteiger partial charge in [0.1, 0.15) is 0 Å². The maximum absolute atomic E-state index is 11.8. The number of aliphatic hydroxyl groups excluding tert-OH is 1. The van der Waals surface area contributed by atoms with E-state index in [2.05, 4.69) is 29.6 Å². The normalized spacial score (nSPS) is 11.6. The van der Waals surface area contributed by atoms with Gasteiger partial charge in [-0.05, 0) is 36.8 Å². The van der Waals surface area contributed by atoms with E-state index in [1.807, 2.05) is 18.2 Å². The lowest BCUT2D eigenvalue weighted by Gasteiger charge is -2.23. The Morgan fingerprint density at radius 1 is 1.20 bits per heavy atom. The van der Waals surface area contributed by atoms with Crippen molar-refractivity contribution in [2.75, 3.05) is 12.4 Å². The van der Waals surface area contributed by atoms with E-state index in [0.29, 0.717) is 5.75 Å². The Morgan fingerprint density at radius 2 is 1.90 bits per heavy atom. The molecule has 2 aromatic carbocycles. The largest absolute Gasteiger partial charge is 0.394 e. The summed E-state index contributed by atoms with van der Waals surface area (Å²) in [5.41, 5.74) is -0.568. The molecule has 106 valence electrons. The van der Waals surface area contributed by atoms with E-state index in [1.54, 1.807) is 13.8 Å². The van der Waals surface area contributed by atoms with Gasteiger partial charge in [0.15, 0.2) is 0 Å². The lowest BCUT2D eigenvalue weighted by molar-refractivity contribution is -0.120. The van der Waals surface area contributed by atoms with Gasteiger partial charge in [0.2, 0.25) is 5.91 Å². The minimum Gasteiger partial charge on any atom is -0.394 e. The Hall–Kier alpha value is -1.52. The van der Waals surface area contributed by atoms with Gasteiger partial charge in [-0.25, -0.2) is 0 Å². The summed E-state index contributed by atoms with van der Waals surface area (Å²) >= 11 is 1.50. The maximum atomic E-state index is 11.8. The van der Waals surface area contributed by atoms with Gasteiger partial charge in [-0.3, -0.25) is 4.79 Å². The van der Waals surface area contributed by atoms with Crippen LogP contribution in [0.1, 0.15) is 13.8 Å². The summed E-state index contributed by atoms with van der Waals surface area (Å²) in [6, 6.07) is 14.3. The number of thioether (sulfide) groups is 1. The first kappa shape index (κ1) is 14.9. The first-order valence-corrected chi connectivity index (χ1v) is 7.52. The highest BCUT2D eigenvalue weighted by molar-refractivity contribution is 8.00. The Balaban J connectivity index is 1.97. The molecule has 0 aliphatic rings. The zero-order valence-corrected chi connectivity index (χ0v) is 12.5. The second kappa shape index (κ2) is 6.29. The quantitative estimate of drug-likeness (QED) is 0.832. The highest BCUT2D eigenvalue weighted by Gasteiger charge is 2.18. The average Bonchev–Trinajstić information content (AvgIpc) is 2.44. The third-order valence-corrected chi connectivity index (χ3v) is 3.96. The second-order valence-electron chi connectivity index (χ2n) is 5.39. The van der Waals surface area contributed by atoms with Crippen LogP contribution in [0.25, 0.3) is 10.8 Å². The van der Waals surface area contributed by atoms with E-state index in [9.17, 15) is 4.79 Å². The molecule has 2 rings (SSSR count). The van der Waals surface area contributed by atoms with Crippen LogP contribution in [0, 0.1) is 0 Å². The number of nitrogens with one attached hydrogen (secondary N) is 1. The number of hydrogen-bond donors (Lipinski definition) is 2. The van der Waals surface area contributed by atoms with Gasteiger partial charge in [0.05, 0.1) is 17.9 Å². The number of aliphatic hydroxyl groups is 1. The summed E-state index contributed by atoms with van der Waals surface area (Å²) in [5.74, 6) is 0.282. The van der Waals surface area contributed by atoms with Crippen molar-refractivity contribution < 1.29 is 9.90 Å². The van der Waals surface area contributed by atoms with Crippen molar-refractivity contribution in [2.24, 2.45) is 0 Å². The van der Waals surface area contributed by atoms with Crippen LogP contribution < -0.4 is 5.32 Å². The first-order chi connectivity index (χ1) is 9.50. The van der Waals surface area contributed by atoms with Gasteiger partial charge >= 0.3 is 0 Å². The standard InChI is InChI=1S/C16H19NO2S/c1-16(2,11-18)17-15(19)10-20-14-8-7-12-5-3-4-6-13(12)9-14/h3-9,18H,10-11H2,1-2H3,(H,17,19). The van der Waals surface area contributed by atoms with E-state index >= 15 is 0 Å². The highest BCUT2D eigenvalue weighted by atomic mass is 32.2. The minimum atomic E-state index is -0.568. The summed E-state index contributed by atoms with van der Waals surface area (Å²) in [6.07, 6.45) is 0.